The van der Waals surface area contributed by atoms with E-state index in [2.05, 4.69) is 15.3 Å². The van der Waals surface area contributed by atoms with Gasteiger partial charge in [-0.2, -0.15) is 0 Å². The zero-order valence-electron chi connectivity index (χ0n) is 14.7. The van der Waals surface area contributed by atoms with E-state index in [1.165, 1.54) is 13.3 Å². The number of aromatic nitrogens is 2. The van der Waals surface area contributed by atoms with Gasteiger partial charge in [0.2, 0.25) is 5.95 Å². The molecule has 148 valence electrons. The minimum absolute atomic E-state index is 0.0323. The van der Waals surface area contributed by atoms with Gasteiger partial charge in [-0.05, 0) is 23.8 Å². The fraction of sp³-hybridized carbons (Fsp3) is 0.294. The molecule has 1 saturated heterocycles. The average molecular weight is 393 g/mol. The number of benzene rings is 1. The highest BCUT2D eigenvalue weighted by molar-refractivity contribution is 5.93. The van der Waals surface area contributed by atoms with Gasteiger partial charge in [0.25, 0.3) is 5.91 Å². The van der Waals surface area contributed by atoms with Gasteiger partial charge >= 0.3 is 6.09 Å². The predicted octanol–water partition coefficient (Wildman–Crippen LogP) is 1.10. The number of hydrogen-bond acceptors (Lipinski definition) is 6. The summed E-state index contributed by atoms with van der Waals surface area (Å²) in [6.07, 6.45) is -0.0415. The lowest BCUT2D eigenvalue weighted by atomic mass is 9.94. The third-order valence-electron chi connectivity index (χ3n) is 4.46. The number of carbonyl (C=O) groups excluding carboxylic acids is 1. The number of rotatable bonds is 5. The first-order valence-electron chi connectivity index (χ1n) is 8.20. The van der Waals surface area contributed by atoms with Gasteiger partial charge in [0.15, 0.2) is 11.4 Å². The van der Waals surface area contributed by atoms with Gasteiger partial charge in [0, 0.05) is 19.0 Å². The molecular weight excluding hydrogens is 376 g/mol. The number of primary amides is 1. The van der Waals surface area contributed by atoms with Crippen molar-refractivity contribution in [3.63, 3.8) is 0 Å². The summed E-state index contributed by atoms with van der Waals surface area (Å²) in [6.45, 7) is 0.174. The Kier molecular flexibility index (Phi) is 5.25. The van der Waals surface area contributed by atoms with E-state index in [1.807, 2.05) is 0 Å². The van der Waals surface area contributed by atoms with Crippen molar-refractivity contribution in [2.24, 2.45) is 5.73 Å². The Morgan fingerprint density at radius 1 is 1.36 bits per heavy atom. The van der Waals surface area contributed by atoms with E-state index in [0.717, 1.165) is 18.2 Å². The Morgan fingerprint density at radius 3 is 2.75 bits per heavy atom. The van der Waals surface area contributed by atoms with Gasteiger partial charge in [-0.1, -0.05) is 0 Å². The monoisotopic (exact) mass is 393 g/mol. The zero-order chi connectivity index (χ0) is 20.4. The molecular formula is C17H17F2N5O4. The van der Waals surface area contributed by atoms with Crippen molar-refractivity contribution in [2.75, 3.05) is 25.1 Å². The molecule has 3 rings (SSSR count). The number of carbonyl (C=O) groups is 2. The molecule has 1 fully saturated rings. The lowest BCUT2D eigenvalue weighted by molar-refractivity contribution is 0.0992. The van der Waals surface area contributed by atoms with Crippen LogP contribution in [0, 0.1) is 11.6 Å². The van der Waals surface area contributed by atoms with Crippen LogP contribution >= 0.6 is 0 Å². The molecule has 2 amide bonds. The van der Waals surface area contributed by atoms with Crippen LogP contribution in [0.2, 0.25) is 0 Å². The third-order valence-corrected chi connectivity index (χ3v) is 4.46. The van der Waals surface area contributed by atoms with Crippen molar-refractivity contribution < 1.29 is 28.2 Å². The molecule has 0 bridgehead atoms. The average Bonchev–Trinajstić information content (AvgIpc) is 3.05. The van der Waals surface area contributed by atoms with Crippen LogP contribution in [0.1, 0.15) is 22.0 Å². The SMILES string of the molecule is COc1cnc(N2C[C@H](NC(=O)O)[C@@H](c3cc(F)ccc3F)C2)nc1C(N)=O. The normalized spacial score (nSPS) is 18.8. The highest BCUT2D eigenvalue weighted by Crippen LogP contribution is 2.32. The van der Waals surface area contributed by atoms with Crippen molar-refractivity contribution >= 4 is 17.9 Å². The van der Waals surface area contributed by atoms with Gasteiger partial charge in [-0.3, -0.25) is 4.79 Å². The van der Waals surface area contributed by atoms with Gasteiger partial charge in [-0.25, -0.2) is 23.5 Å². The van der Waals surface area contributed by atoms with Crippen molar-refractivity contribution in [1.29, 1.82) is 0 Å². The number of hydrogen-bond donors (Lipinski definition) is 3. The second-order valence-corrected chi connectivity index (χ2v) is 6.18. The second kappa shape index (κ2) is 7.62. The molecule has 4 N–H and O–H groups in total. The molecule has 1 aliphatic rings. The molecule has 28 heavy (non-hydrogen) atoms. The van der Waals surface area contributed by atoms with Crippen LogP contribution < -0.4 is 20.7 Å². The van der Waals surface area contributed by atoms with Crippen molar-refractivity contribution in [3.8, 4) is 5.75 Å². The lowest BCUT2D eigenvalue weighted by Gasteiger charge is -2.18. The maximum absolute atomic E-state index is 14.3. The van der Waals surface area contributed by atoms with Gasteiger partial charge in [0.1, 0.15) is 11.6 Å². The van der Waals surface area contributed by atoms with Crippen molar-refractivity contribution in [2.45, 2.75) is 12.0 Å². The summed E-state index contributed by atoms with van der Waals surface area (Å²) in [4.78, 5) is 32.5. The Hall–Kier alpha value is -3.50. The number of nitrogens with two attached hydrogens (primary N) is 1. The molecule has 9 nitrogen and oxygen atoms in total. The van der Waals surface area contributed by atoms with Crippen LogP contribution in [-0.2, 0) is 0 Å². The molecule has 0 unspecified atom stereocenters. The molecule has 1 aromatic carbocycles. The van der Waals surface area contributed by atoms with Crippen molar-refractivity contribution in [3.05, 3.63) is 47.3 Å². The molecule has 11 heteroatoms. The van der Waals surface area contributed by atoms with E-state index in [1.54, 1.807) is 4.90 Å². The quantitative estimate of drug-likeness (QED) is 0.693. The molecule has 0 radical (unpaired) electrons. The van der Waals surface area contributed by atoms with Crippen molar-refractivity contribution in [1.82, 2.24) is 15.3 Å². The Balaban J connectivity index is 1.96. The number of carboxylic acid groups (broad SMARTS) is 1. The summed E-state index contributed by atoms with van der Waals surface area (Å²) in [5, 5.41) is 11.4. The van der Waals surface area contributed by atoms with Crippen LogP contribution in [0.5, 0.6) is 5.75 Å². The van der Waals surface area contributed by atoms with E-state index in [4.69, 9.17) is 15.6 Å². The van der Waals surface area contributed by atoms with Crippen LogP contribution in [-0.4, -0.2) is 53.3 Å². The second-order valence-electron chi connectivity index (χ2n) is 6.18. The number of anilines is 1. The molecule has 0 aliphatic carbocycles. The summed E-state index contributed by atoms with van der Waals surface area (Å²) in [7, 11) is 1.33. The summed E-state index contributed by atoms with van der Waals surface area (Å²) in [5.74, 6) is -2.64. The Labute approximate surface area is 158 Å². The van der Waals surface area contributed by atoms with Gasteiger partial charge < -0.3 is 25.8 Å². The summed E-state index contributed by atoms with van der Waals surface area (Å²) < 4.78 is 32.9. The number of nitrogens with zero attached hydrogens (tertiary/aromatic N) is 3. The first-order valence-corrected chi connectivity index (χ1v) is 8.20. The topological polar surface area (TPSA) is 131 Å². The summed E-state index contributed by atoms with van der Waals surface area (Å²) in [5.41, 5.74) is 5.19. The van der Waals surface area contributed by atoms with Gasteiger partial charge in [0.05, 0.1) is 19.3 Å². The highest BCUT2D eigenvalue weighted by atomic mass is 19.1. The zero-order valence-corrected chi connectivity index (χ0v) is 14.7. The standard InChI is InChI=1S/C17H17F2N5O4/c1-28-13-5-21-16(23-14(13)15(20)25)24-6-10(12(7-24)22-17(26)27)9-4-8(18)2-3-11(9)19/h2-5,10,12,22H,6-7H2,1H3,(H2,20,25)(H,26,27)/t10-,12+/m1/s1. The molecule has 2 aromatic rings. The van der Waals surface area contributed by atoms with E-state index in [0.29, 0.717) is 0 Å². The number of ether oxygens (including phenoxy) is 1. The number of methoxy groups -OCH3 is 1. The molecule has 0 spiro atoms. The minimum Gasteiger partial charge on any atom is -0.493 e. The van der Waals surface area contributed by atoms with Crippen LogP contribution in [0.25, 0.3) is 0 Å². The molecule has 2 atom stereocenters. The third kappa shape index (κ3) is 3.77. The first kappa shape index (κ1) is 19.3. The van der Waals surface area contributed by atoms with Gasteiger partial charge in [-0.15, -0.1) is 0 Å². The minimum atomic E-state index is -1.30. The Bertz CT molecular complexity index is 926. The van der Waals surface area contributed by atoms with Crippen LogP contribution in [0.3, 0.4) is 0 Å². The van der Waals surface area contributed by atoms with E-state index in [-0.39, 0.29) is 36.0 Å². The summed E-state index contributed by atoms with van der Waals surface area (Å²) >= 11 is 0. The fourth-order valence-corrected chi connectivity index (χ4v) is 3.23. The molecule has 2 heterocycles. The van der Waals surface area contributed by atoms with E-state index < -0.39 is 35.6 Å². The molecule has 1 aliphatic heterocycles. The highest BCUT2D eigenvalue weighted by Gasteiger charge is 2.38. The number of nitrogens with one attached hydrogen (secondary N) is 1. The van der Waals surface area contributed by atoms with Crippen LogP contribution in [0.15, 0.2) is 24.4 Å². The number of amides is 2. The largest absolute Gasteiger partial charge is 0.493 e. The Morgan fingerprint density at radius 2 is 2.11 bits per heavy atom. The summed E-state index contributed by atoms with van der Waals surface area (Å²) in [6, 6.07) is 2.25. The van der Waals surface area contributed by atoms with E-state index in [9.17, 15) is 18.4 Å². The maximum atomic E-state index is 14.3. The maximum Gasteiger partial charge on any atom is 0.404 e. The first-order chi connectivity index (χ1) is 13.3. The van der Waals surface area contributed by atoms with E-state index >= 15 is 0 Å². The molecule has 1 aromatic heterocycles. The number of halogens is 2. The van der Waals surface area contributed by atoms with Crippen LogP contribution in [0.4, 0.5) is 19.5 Å². The predicted molar refractivity (Wildman–Crippen MR) is 93.4 cm³/mol. The fourth-order valence-electron chi connectivity index (χ4n) is 3.23. The molecule has 0 saturated carbocycles. The lowest BCUT2D eigenvalue weighted by Crippen LogP contribution is -2.39. The smallest absolute Gasteiger partial charge is 0.404 e.